The summed E-state index contributed by atoms with van der Waals surface area (Å²) in [6, 6.07) is 11.4. The third-order valence-corrected chi connectivity index (χ3v) is 4.85. The molecule has 2 aromatic carbocycles. The highest BCUT2D eigenvalue weighted by molar-refractivity contribution is 8.00. The van der Waals surface area contributed by atoms with Crippen molar-refractivity contribution in [2.75, 3.05) is 0 Å². The van der Waals surface area contributed by atoms with Crippen molar-refractivity contribution in [2.45, 2.75) is 17.3 Å². The van der Waals surface area contributed by atoms with E-state index in [1.807, 2.05) is 0 Å². The van der Waals surface area contributed by atoms with E-state index in [0.717, 1.165) is 5.56 Å². The molecule has 0 aliphatic rings. The quantitative estimate of drug-likeness (QED) is 0.508. The van der Waals surface area contributed by atoms with Gasteiger partial charge in [-0.1, -0.05) is 11.8 Å². The number of Topliss-reactive ketones (excluding diaryl/α,β-unsaturated/α-hetero) is 1. The van der Waals surface area contributed by atoms with Gasteiger partial charge in [0.05, 0.1) is 5.25 Å². The molecular weight excluding hydrogens is 344 g/mol. The minimum Gasteiger partial charge on any atom is -0.305 e. The van der Waals surface area contributed by atoms with Crippen LogP contribution in [0, 0.1) is 11.6 Å². The van der Waals surface area contributed by atoms with Crippen molar-refractivity contribution in [1.29, 1.82) is 0 Å². The van der Waals surface area contributed by atoms with Crippen molar-refractivity contribution in [3.05, 3.63) is 65.7 Å². The number of hydrogen-bond acceptors (Lipinski definition) is 4. The molecule has 0 fully saturated rings. The largest absolute Gasteiger partial charge is 0.305 e. The highest BCUT2D eigenvalue weighted by Gasteiger charge is 2.20. The summed E-state index contributed by atoms with van der Waals surface area (Å²) in [5, 5.41) is 8.40. The first kappa shape index (κ1) is 17.3. The van der Waals surface area contributed by atoms with E-state index in [1.165, 1.54) is 48.2 Å². The van der Waals surface area contributed by atoms with Gasteiger partial charge in [0.25, 0.3) is 0 Å². The summed E-state index contributed by atoms with van der Waals surface area (Å²) in [5.41, 5.74) is 1.18. The number of hydrogen-bond donors (Lipinski definition) is 0. The van der Waals surface area contributed by atoms with Gasteiger partial charge in [-0.15, -0.1) is 10.2 Å². The number of ketones is 1. The number of thioether (sulfide) groups is 1. The van der Waals surface area contributed by atoms with Crippen molar-refractivity contribution in [3.8, 4) is 11.4 Å². The molecule has 0 bridgehead atoms. The summed E-state index contributed by atoms with van der Waals surface area (Å²) in [5.74, 6) is -0.228. The molecule has 0 radical (unpaired) electrons. The molecule has 128 valence electrons. The molecule has 1 aromatic heterocycles. The number of carbonyl (C=O) groups excluding carboxylic acids is 1. The zero-order valence-corrected chi connectivity index (χ0v) is 14.4. The van der Waals surface area contributed by atoms with Crippen molar-refractivity contribution < 1.29 is 13.6 Å². The first-order chi connectivity index (χ1) is 12.0. The lowest BCUT2D eigenvalue weighted by Gasteiger charge is -2.10. The molecule has 0 aliphatic heterocycles. The van der Waals surface area contributed by atoms with E-state index < -0.39 is 5.25 Å². The van der Waals surface area contributed by atoms with Gasteiger partial charge in [0.2, 0.25) is 0 Å². The van der Waals surface area contributed by atoms with Crippen LogP contribution in [0.1, 0.15) is 17.3 Å². The Labute approximate surface area is 147 Å². The lowest BCUT2D eigenvalue weighted by Crippen LogP contribution is -2.14. The maximum atomic E-state index is 13.0. The number of rotatable bonds is 5. The first-order valence-corrected chi connectivity index (χ1v) is 8.45. The van der Waals surface area contributed by atoms with E-state index in [-0.39, 0.29) is 17.4 Å². The number of benzene rings is 2. The molecule has 0 spiro atoms. The second-order valence-corrected chi connectivity index (χ2v) is 6.81. The maximum absolute atomic E-state index is 13.0. The van der Waals surface area contributed by atoms with Gasteiger partial charge >= 0.3 is 0 Å². The number of halogens is 2. The Balaban J connectivity index is 1.78. The fourth-order valence-corrected chi connectivity index (χ4v) is 3.22. The Morgan fingerprint density at radius 3 is 2.16 bits per heavy atom. The monoisotopic (exact) mass is 359 g/mol. The normalized spacial score (nSPS) is 12.2. The first-order valence-electron chi connectivity index (χ1n) is 7.57. The molecule has 3 aromatic rings. The Morgan fingerprint density at radius 2 is 1.56 bits per heavy atom. The van der Waals surface area contributed by atoms with Gasteiger partial charge in [-0.2, -0.15) is 0 Å². The summed E-state index contributed by atoms with van der Waals surface area (Å²) >= 11 is 1.27. The molecule has 1 heterocycles. The molecule has 3 rings (SSSR count). The van der Waals surface area contributed by atoms with Crippen LogP contribution in [0.3, 0.4) is 0 Å². The van der Waals surface area contributed by atoms with Gasteiger partial charge in [-0.25, -0.2) is 8.78 Å². The Morgan fingerprint density at radius 1 is 1.00 bits per heavy atom. The van der Waals surface area contributed by atoms with Crippen LogP contribution in [0.4, 0.5) is 8.78 Å². The van der Waals surface area contributed by atoms with Crippen LogP contribution in [-0.2, 0) is 7.05 Å². The van der Waals surface area contributed by atoms with Crippen molar-refractivity contribution in [2.24, 2.45) is 7.05 Å². The minimum absolute atomic E-state index is 0.115. The van der Waals surface area contributed by atoms with Crippen LogP contribution in [0.25, 0.3) is 11.4 Å². The second-order valence-electron chi connectivity index (χ2n) is 5.50. The molecule has 0 saturated carbocycles. The molecule has 1 atom stereocenters. The summed E-state index contributed by atoms with van der Waals surface area (Å²) in [4.78, 5) is 12.4. The molecule has 0 saturated heterocycles. The number of aromatic nitrogens is 3. The summed E-state index contributed by atoms with van der Waals surface area (Å²) in [7, 11) is 1.79. The van der Waals surface area contributed by atoms with E-state index >= 15 is 0 Å². The molecule has 7 heteroatoms. The fraction of sp³-hybridized carbons (Fsp3) is 0.167. The predicted octanol–water partition coefficient (Wildman–Crippen LogP) is 4.12. The minimum atomic E-state index is -0.408. The van der Waals surface area contributed by atoms with Crippen LogP contribution in [0.2, 0.25) is 0 Å². The van der Waals surface area contributed by atoms with Gasteiger partial charge in [0.15, 0.2) is 16.8 Å². The van der Waals surface area contributed by atoms with Gasteiger partial charge in [-0.05, 0) is 55.5 Å². The van der Waals surface area contributed by atoms with Gasteiger partial charge in [-0.3, -0.25) is 4.79 Å². The van der Waals surface area contributed by atoms with Crippen LogP contribution in [0.15, 0.2) is 53.7 Å². The second kappa shape index (κ2) is 7.14. The molecule has 25 heavy (non-hydrogen) atoms. The SMILES string of the molecule is C[C@@H](Sc1nnc(-c2ccc(F)cc2)n1C)C(=O)c1ccc(F)cc1. The van der Waals surface area contributed by atoms with Gasteiger partial charge in [0.1, 0.15) is 11.6 Å². The molecule has 0 N–H and O–H groups in total. The number of nitrogens with zero attached hydrogens (tertiary/aromatic N) is 3. The topological polar surface area (TPSA) is 47.8 Å². The fourth-order valence-electron chi connectivity index (χ4n) is 2.33. The zero-order valence-electron chi connectivity index (χ0n) is 13.6. The van der Waals surface area contributed by atoms with Crippen molar-refractivity contribution in [3.63, 3.8) is 0 Å². The molecule has 0 aliphatic carbocycles. The highest BCUT2D eigenvalue weighted by atomic mass is 32.2. The van der Waals surface area contributed by atoms with E-state index in [0.29, 0.717) is 16.5 Å². The van der Waals surface area contributed by atoms with Gasteiger partial charge < -0.3 is 4.57 Å². The average Bonchev–Trinajstić information content (AvgIpc) is 2.96. The Bertz CT molecular complexity index is 892. The van der Waals surface area contributed by atoms with Crippen molar-refractivity contribution >= 4 is 17.5 Å². The van der Waals surface area contributed by atoms with E-state index in [9.17, 15) is 13.6 Å². The van der Waals surface area contributed by atoms with Crippen LogP contribution < -0.4 is 0 Å². The summed E-state index contributed by atoms with van der Waals surface area (Å²) < 4.78 is 27.8. The molecule has 0 amide bonds. The third-order valence-electron chi connectivity index (χ3n) is 3.72. The standard InChI is InChI=1S/C18H15F2N3OS/c1-11(16(24)12-3-7-14(19)8-4-12)25-18-22-21-17(23(18)2)13-5-9-15(20)10-6-13/h3-11H,1-2H3/t11-/m1/s1. The van der Waals surface area contributed by atoms with Crippen LogP contribution in [0.5, 0.6) is 0 Å². The average molecular weight is 359 g/mol. The van der Waals surface area contributed by atoms with Crippen molar-refractivity contribution in [1.82, 2.24) is 14.8 Å². The van der Waals surface area contributed by atoms with E-state index in [4.69, 9.17) is 0 Å². The van der Waals surface area contributed by atoms with E-state index in [1.54, 1.807) is 30.7 Å². The zero-order chi connectivity index (χ0) is 18.0. The third kappa shape index (κ3) is 3.76. The lowest BCUT2D eigenvalue weighted by molar-refractivity contribution is 0.0994. The summed E-state index contributed by atoms with van der Waals surface area (Å²) in [6.45, 7) is 1.77. The number of carbonyl (C=O) groups is 1. The van der Waals surface area contributed by atoms with Crippen LogP contribution in [-0.4, -0.2) is 25.8 Å². The van der Waals surface area contributed by atoms with Crippen LogP contribution >= 0.6 is 11.8 Å². The van der Waals surface area contributed by atoms with E-state index in [2.05, 4.69) is 10.2 Å². The Hall–Kier alpha value is -2.54. The molecule has 4 nitrogen and oxygen atoms in total. The Kier molecular flexibility index (Phi) is 4.94. The highest BCUT2D eigenvalue weighted by Crippen LogP contribution is 2.27. The smallest absolute Gasteiger partial charge is 0.191 e. The van der Waals surface area contributed by atoms with Gasteiger partial charge in [0, 0.05) is 18.2 Å². The summed E-state index contributed by atoms with van der Waals surface area (Å²) in [6.07, 6.45) is 0. The maximum Gasteiger partial charge on any atom is 0.191 e. The predicted molar refractivity (Wildman–Crippen MR) is 92.4 cm³/mol. The molecule has 0 unspecified atom stereocenters. The lowest BCUT2D eigenvalue weighted by atomic mass is 10.1. The molecular formula is C18H15F2N3OS.